The number of thiocarbonyl (C=S) groups is 1. The van der Waals surface area contributed by atoms with Crippen LogP contribution in [0.25, 0.3) is 0 Å². The van der Waals surface area contributed by atoms with Crippen molar-refractivity contribution in [3.8, 4) is 0 Å². The van der Waals surface area contributed by atoms with E-state index in [0.717, 1.165) is 12.0 Å². The Kier molecular flexibility index (Phi) is 7.10. The predicted octanol–water partition coefficient (Wildman–Crippen LogP) is 3.48. The fourth-order valence-corrected chi connectivity index (χ4v) is 2.47. The third-order valence-electron chi connectivity index (χ3n) is 3.34. The van der Waals surface area contributed by atoms with E-state index in [9.17, 15) is 9.59 Å². The number of amides is 2. The Morgan fingerprint density at radius 2 is 1.60 bits per heavy atom. The third kappa shape index (κ3) is 6.73. The van der Waals surface area contributed by atoms with E-state index >= 15 is 0 Å². The van der Waals surface area contributed by atoms with Crippen LogP contribution in [-0.4, -0.2) is 16.9 Å². The highest BCUT2D eigenvalue weighted by atomic mass is 32.1. The van der Waals surface area contributed by atoms with Crippen LogP contribution < -0.4 is 16.0 Å². The molecule has 0 radical (unpaired) electrons. The summed E-state index contributed by atoms with van der Waals surface area (Å²) in [7, 11) is 0. The Hall–Kier alpha value is -2.73. The predicted molar refractivity (Wildman–Crippen MR) is 104 cm³/mol. The lowest BCUT2D eigenvalue weighted by Gasteiger charge is -2.11. The summed E-state index contributed by atoms with van der Waals surface area (Å²) < 4.78 is 0. The number of anilines is 2. The van der Waals surface area contributed by atoms with Crippen molar-refractivity contribution < 1.29 is 9.59 Å². The molecule has 2 aromatic rings. The highest BCUT2D eigenvalue weighted by Gasteiger charge is 2.07. The Bertz CT molecular complexity index is 747. The SMILES string of the molecule is CCCC(=O)Nc1cccc(NC(=S)NC(=O)Cc2ccccc2)c1. The van der Waals surface area contributed by atoms with Gasteiger partial charge in [-0.3, -0.25) is 9.59 Å². The average molecular weight is 355 g/mol. The second-order valence-corrected chi connectivity index (χ2v) is 5.95. The lowest BCUT2D eigenvalue weighted by Crippen LogP contribution is -2.35. The summed E-state index contributed by atoms with van der Waals surface area (Å²) in [5.74, 6) is -0.213. The average Bonchev–Trinajstić information content (AvgIpc) is 2.56. The lowest BCUT2D eigenvalue weighted by atomic mass is 10.1. The van der Waals surface area contributed by atoms with Crippen LogP contribution in [0.1, 0.15) is 25.3 Å². The van der Waals surface area contributed by atoms with Crippen LogP contribution in [0.2, 0.25) is 0 Å². The number of benzene rings is 2. The summed E-state index contributed by atoms with van der Waals surface area (Å²) in [6, 6.07) is 16.6. The maximum atomic E-state index is 12.0. The van der Waals surface area contributed by atoms with Crippen molar-refractivity contribution in [1.29, 1.82) is 0 Å². The second kappa shape index (κ2) is 9.54. The van der Waals surface area contributed by atoms with Gasteiger partial charge in [0.2, 0.25) is 11.8 Å². The van der Waals surface area contributed by atoms with E-state index in [2.05, 4.69) is 16.0 Å². The van der Waals surface area contributed by atoms with Crippen LogP contribution in [0, 0.1) is 0 Å². The number of hydrogen-bond acceptors (Lipinski definition) is 3. The van der Waals surface area contributed by atoms with Crippen LogP contribution >= 0.6 is 12.2 Å². The molecule has 2 aromatic carbocycles. The minimum Gasteiger partial charge on any atom is -0.332 e. The first kappa shape index (κ1) is 18.6. The van der Waals surface area contributed by atoms with Crippen LogP contribution in [0.15, 0.2) is 54.6 Å². The highest BCUT2D eigenvalue weighted by Crippen LogP contribution is 2.15. The van der Waals surface area contributed by atoms with E-state index < -0.39 is 0 Å². The van der Waals surface area contributed by atoms with Gasteiger partial charge in [0.15, 0.2) is 5.11 Å². The molecule has 2 amide bonds. The first-order chi connectivity index (χ1) is 12.1. The summed E-state index contributed by atoms with van der Waals surface area (Å²) >= 11 is 5.17. The van der Waals surface area contributed by atoms with Gasteiger partial charge in [0, 0.05) is 17.8 Å². The molecule has 5 nitrogen and oxygen atoms in total. The van der Waals surface area contributed by atoms with Gasteiger partial charge in [-0.05, 0) is 42.4 Å². The molecular formula is C19H21N3O2S. The zero-order valence-corrected chi connectivity index (χ0v) is 14.9. The minimum absolute atomic E-state index is 0.0293. The first-order valence-electron chi connectivity index (χ1n) is 8.11. The smallest absolute Gasteiger partial charge is 0.230 e. The number of carbonyl (C=O) groups is 2. The molecular weight excluding hydrogens is 334 g/mol. The van der Waals surface area contributed by atoms with Crippen molar-refractivity contribution in [3.05, 3.63) is 60.2 Å². The normalized spacial score (nSPS) is 9.96. The van der Waals surface area contributed by atoms with Gasteiger partial charge < -0.3 is 16.0 Å². The summed E-state index contributed by atoms with van der Waals surface area (Å²) in [5.41, 5.74) is 2.30. The van der Waals surface area contributed by atoms with Gasteiger partial charge >= 0.3 is 0 Å². The Labute approximate surface area is 152 Å². The Balaban J connectivity index is 1.87. The quantitative estimate of drug-likeness (QED) is 0.694. The van der Waals surface area contributed by atoms with Crippen molar-refractivity contribution in [1.82, 2.24) is 5.32 Å². The molecule has 0 fully saturated rings. The Morgan fingerprint density at radius 3 is 2.28 bits per heavy atom. The van der Waals surface area contributed by atoms with Crippen molar-refractivity contribution in [3.63, 3.8) is 0 Å². The van der Waals surface area contributed by atoms with Gasteiger partial charge in [-0.15, -0.1) is 0 Å². The molecule has 0 aliphatic heterocycles. The molecule has 130 valence electrons. The summed E-state index contributed by atoms with van der Waals surface area (Å²) in [5, 5.41) is 8.64. The second-order valence-electron chi connectivity index (χ2n) is 5.54. The maximum absolute atomic E-state index is 12.0. The van der Waals surface area contributed by atoms with Crippen LogP contribution in [0.3, 0.4) is 0 Å². The molecule has 0 aliphatic carbocycles. The Morgan fingerprint density at radius 1 is 0.920 bits per heavy atom. The number of hydrogen-bond donors (Lipinski definition) is 3. The molecule has 0 bridgehead atoms. The van der Waals surface area contributed by atoms with E-state index in [1.807, 2.05) is 43.3 Å². The van der Waals surface area contributed by atoms with Gasteiger partial charge in [-0.2, -0.15) is 0 Å². The molecule has 0 saturated heterocycles. The molecule has 0 aliphatic rings. The molecule has 6 heteroatoms. The molecule has 0 heterocycles. The molecule has 2 rings (SSSR count). The molecule has 0 unspecified atom stereocenters. The molecule has 3 N–H and O–H groups in total. The molecule has 25 heavy (non-hydrogen) atoms. The largest absolute Gasteiger partial charge is 0.332 e. The molecule has 0 aromatic heterocycles. The highest BCUT2D eigenvalue weighted by molar-refractivity contribution is 7.80. The first-order valence-corrected chi connectivity index (χ1v) is 8.52. The van der Waals surface area contributed by atoms with E-state index in [-0.39, 0.29) is 23.3 Å². The van der Waals surface area contributed by atoms with Gasteiger partial charge in [-0.1, -0.05) is 43.3 Å². The van der Waals surface area contributed by atoms with Crippen molar-refractivity contribution in [2.45, 2.75) is 26.2 Å². The van der Waals surface area contributed by atoms with Crippen LogP contribution in [-0.2, 0) is 16.0 Å². The van der Waals surface area contributed by atoms with Crippen molar-refractivity contribution in [2.24, 2.45) is 0 Å². The zero-order chi connectivity index (χ0) is 18.1. The van der Waals surface area contributed by atoms with Crippen molar-refractivity contribution >= 4 is 40.5 Å². The molecule has 0 saturated carbocycles. The van der Waals surface area contributed by atoms with Gasteiger partial charge in [0.1, 0.15) is 0 Å². The van der Waals surface area contributed by atoms with E-state index in [1.165, 1.54) is 0 Å². The summed E-state index contributed by atoms with van der Waals surface area (Å²) in [4.78, 5) is 23.7. The van der Waals surface area contributed by atoms with Gasteiger partial charge in [-0.25, -0.2) is 0 Å². The third-order valence-corrected chi connectivity index (χ3v) is 3.55. The van der Waals surface area contributed by atoms with Gasteiger partial charge in [0.25, 0.3) is 0 Å². The fraction of sp³-hybridized carbons (Fsp3) is 0.211. The minimum atomic E-state index is -0.184. The van der Waals surface area contributed by atoms with E-state index in [1.54, 1.807) is 18.2 Å². The maximum Gasteiger partial charge on any atom is 0.230 e. The zero-order valence-electron chi connectivity index (χ0n) is 14.0. The van der Waals surface area contributed by atoms with Crippen LogP contribution in [0.4, 0.5) is 11.4 Å². The number of nitrogens with one attached hydrogen (secondary N) is 3. The van der Waals surface area contributed by atoms with E-state index in [4.69, 9.17) is 12.2 Å². The monoisotopic (exact) mass is 355 g/mol. The molecule has 0 atom stereocenters. The van der Waals surface area contributed by atoms with Gasteiger partial charge in [0.05, 0.1) is 6.42 Å². The fourth-order valence-electron chi connectivity index (χ4n) is 2.24. The van der Waals surface area contributed by atoms with Crippen LogP contribution in [0.5, 0.6) is 0 Å². The van der Waals surface area contributed by atoms with Crippen molar-refractivity contribution in [2.75, 3.05) is 10.6 Å². The number of carbonyl (C=O) groups excluding carboxylic acids is 2. The summed E-state index contributed by atoms with van der Waals surface area (Å²) in [6.45, 7) is 1.95. The standard InChI is InChI=1S/C19H21N3O2S/c1-2-7-17(23)20-15-10-6-11-16(13-15)21-19(25)22-18(24)12-14-8-4-3-5-9-14/h3-6,8-11,13H,2,7,12H2,1H3,(H,20,23)(H2,21,22,24,25). The molecule has 0 spiro atoms. The lowest BCUT2D eigenvalue weighted by molar-refractivity contribution is -0.119. The number of rotatable bonds is 6. The topological polar surface area (TPSA) is 70.2 Å². The summed E-state index contributed by atoms with van der Waals surface area (Å²) in [6.07, 6.45) is 1.53. The van der Waals surface area contributed by atoms with E-state index in [0.29, 0.717) is 17.8 Å².